The predicted molar refractivity (Wildman–Crippen MR) is 70.8 cm³/mol. The van der Waals surface area contributed by atoms with Gasteiger partial charge in [-0.3, -0.25) is 0 Å². The lowest BCUT2D eigenvalue weighted by Crippen LogP contribution is -2.14. The Hall–Kier alpha value is -0.0500. The van der Waals surface area contributed by atoms with Crippen LogP contribution in [0.5, 0.6) is 0 Å². The van der Waals surface area contributed by atoms with Gasteiger partial charge in [-0.25, -0.2) is 0 Å². The highest BCUT2D eigenvalue weighted by Crippen LogP contribution is 2.14. The number of alkyl halides is 1. The maximum atomic E-state index is 6.04. The molecule has 0 aliphatic heterocycles. The minimum absolute atomic E-state index is 0.852. The molecule has 1 N–H and O–H groups in total. The average Bonchev–Trinajstić information content (AvgIpc) is 2.25. The number of halogens is 2. The maximum Gasteiger partial charge on any atom is 0.0450 e. The largest absolute Gasteiger partial charge is 0.313 e. The molecule has 0 unspecified atom stereocenters. The van der Waals surface area contributed by atoms with Crippen molar-refractivity contribution in [2.24, 2.45) is 0 Å². The van der Waals surface area contributed by atoms with Gasteiger partial charge in [-0.05, 0) is 31.0 Å². The van der Waals surface area contributed by atoms with Crippen LogP contribution >= 0.6 is 27.5 Å². The van der Waals surface area contributed by atoms with Crippen LogP contribution in [-0.4, -0.2) is 11.9 Å². The van der Waals surface area contributed by atoms with E-state index >= 15 is 0 Å². The zero-order chi connectivity index (χ0) is 10.9. The summed E-state index contributed by atoms with van der Waals surface area (Å²) in [4.78, 5) is 0. The molecule has 0 aromatic heterocycles. The van der Waals surface area contributed by atoms with Crippen LogP contribution < -0.4 is 5.32 Å². The second-order valence-electron chi connectivity index (χ2n) is 3.52. The molecule has 0 aliphatic rings. The van der Waals surface area contributed by atoms with E-state index in [0.717, 1.165) is 23.4 Å². The molecular formula is C12H17BrClN. The minimum atomic E-state index is 0.852. The topological polar surface area (TPSA) is 12.0 Å². The van der Waals surface area contributed by atoms with Gasteiger partial charge < -0.3 is 5.32 Å². The zero-order valence-corrected chi connectivity index (χ0v) is 11.1. The molecule has 84 valence electrons. The van der Waals surface area contributed by atoms with Crippen molar-refractivity contribution in [1.82, 2.24) is 5.32 Å². The molecule has 0 atom stereocenters. The zero-order valence-electron chi connectivity index (χ0n) is 8.81. The van der Waals surface area contributed by atoms with Crippen molar-refractivity contribution in [3.63, 3.8) is 0 Å². The van der Waals surface area contributed by atoms with Crippen molar-refractivity contribution < 1.29 is 0 Å². The van der Waals surface area contributed by atoms with E-state index in [1.54, 1.807) is 0 Å². The maximum absolute atomic E-state index is 6.04. The van der Waals surface area contributed by atoms with Crippen LogP contribution in [0.4, 0.5) is 0 Å². The highest BCUT2D eigenvalue weighted by molar-refractivity contribution is 9.09. The van der Waals surface area contributed by atoms with E-state index in [0.29, 0.717) is 0 Å². The number of hydrogen-bond acceptors (Lipinski definition) is 1. The molecule has 0 saturated heterocycles. The first kappa shape index (κ1) is 13.0. The molecule has 0 amide bonds. The minimum Gasteiger partial charge on any atom is -0.313 e. The van der Waals surface area contributed by atoms with Crippen molar-refractivity contribution >= 4 is 27.5 Å². The fourth-order valence-electron chi connectivity index (χ4n) is 1.39. The number of hydrogen-bond donors (Lipinski definition) is 1. The third-order valence-electron chi connectivity index (χ3n) is 2.26. The molecule has 1 rings (SSSR count). The summed E-state index contributed by atoms with van der Waals surface area (Å²) in [6.45, 7) is 1.94. The average molecular weight is 291 g/mol. The van der Waals surface area contributed by atoms with Gasteiger partial charge in [-0.1, -0.05) is 52.2 Å². The number of unbranched alkanes of at least 4 members (excludes halogenated alkanes) is 2. The van der Waals surface area contributed by atoms with Crippen LogP contribution in [0.15, 0.2) is 24.3 Å². The molecular weight excluding hydrogens is 273 g/mol. The first-order valence-electron chi connectivity index (χ1n) is 5.34. The summed E-state index contributed by atoms with van der Waals surface area (Å²) < 4.78 is 0. The van der Waals surface area contributed by atoms with Gasteiger partial charge in [-0.2, -0.15) is 0 Å². The van der Waals surface area contributed by atoms with Crippen LogP contribution in [0.3, 0.4) is 0 Å². The lowest BCUT2D eigenvalue weighted by Gasteiger charge is -2.05. The lowest BCUT2D eigenvalue weighted by molar-refractivity contribution is 0.619. The van der Waals surface area contributed by atoms with Gasteiger partial charge in [0.15, 0.2) is 0 Å². The van der Waals surface area contributed by atoms with Crippen molar-refractivity contribution in [2.75, 3.05) is 11.9 Å². The third kappa shape index (κ3) is 5.55. The monoisotopic (exact) mass is 289 g/mol. The second kappa shape index (κ2) is 8.14. The summed E-state index contributed by atoms with van der Waals surface area (Å²) in [5, 5.41) is 5.36. The van der Waals surface area contributed by atoms with E-state index in [1.807, 2.05) is 18.2 Å². The van der Waals surface area contributed by atoms with E-state index in [-0.39, 0.29) is 0 Å². The van der Waals surface area contributed by atoms with E-state index in [4.69, 9.17) is 11.6 Å². The van der Waals surface area contributed by atoms with Gasteiger partial charge in [0.05, 0.1) is 0 Å². The van der Waals surface area contributed by atoms with Crippen molar-refractivity contribution in [3.8, 4) is 0 Å². The van der Waals surface area contributed by atoms with Crippen molar-refractivity contribution in [3.05, 3.63) is 34.9 Å². The fraction of sp³-hybridized carbons (Fsp3) is 0.500. The summed E-state index contributed by atoms with van der Waals surface area (Å²) in [6.07, 6.45) is 3.77. The van der Waals surface area contributed by atoms with Gasteiger partial charge in [0.1, 0.15) is 0 Å². The Morgan fingerprint density at radius 2 is 1.93 bits per heavy atom. The normalized spacial score (nSPS) is 10.5. The molecule has 3 heteroatoms. The third-order valence-corrected chi connectivity index (χ3v) is 3.19. The molecule has 0 radical (unpaired) electrons. The molecule has 0 heterocycles. The quantitative estimate of drug-likeness (QED) is 0.591. The Morgan fingerprint density at radius 3 is 2.67 bits per heavy atom. The molecule has 15 heavy (non-hydrogen) atoms. The van der Waals surface area contributed by atoms with Gasteiger partial charge in [0, 0.05) is 16.9 Å². The molecule has 1 aromatic rings. The first-order valence-corrected chi connectivity index (χ1v) is 6.84. The molecule has 0 spiro atoms. The Morgan fingerprint density at radius 1 is 1.13 bits per heavy atom. The Kier molecular flexibility index (Phi) is 7.07. The summed E-state index contributed by atoms with van der Waals surface area (Å²) in [5.41, 5.74) is 1.18. The smallest absolute Gasteiger partial charge is 0.0450 e. The summed E-state index contributed by atoms with van der Waals surface area (Å²) in [5.74, 6) is 0. The number of benzene rings is 1. The summed E-state index contributed by atoms with van der Waals surface area (Å²) in [7, 11) is 0. The molecule has 0 fully saturated rings. The summed E-state index contributed by atoms with van der Waals surface area (Å²) >= 11 is 9.47. The van der Waals surface area contributed by atoms with E-state index in [9.17, 15) is 0 Å². The van der Waals surface area contributed by atoms with E-state index in [2.05, 4.69) is 27.3 Å². The highest BCUT2D eigenvalue weighted by atomic mass is 79.9. The second-order valence-corrected chi connectivity index (χ2v) is 4.72. The van der Waals surface area contributed by atoms with Crippen LogP contribution in [0.2, 0.25) is 5.02 Å². The predicted octanol–water partition coefficient (Wildman–Crippen LogP) is 3.99. The summed E-state index contributed by atoms with van der Waals surface area (Å²) in [6, 6.07) is 7.98. The Balaban J connectivity index is 2.12. The molecule has 1 nitrogen and oxygen atoms in total. The van der Waals surface area contributed by atoms with Gasteiger partial charge in [0.25, 0.3) is 0 Å². The molecule has 0 saturated carbocycles. The standard InChI is InChI=1S/C12H17BrClN/c13-8-4-1-5-9-15-10-11-6-2-3-7-12(11)14/h2-3,6-7,15H,1,4-5,8-10H2. The van der Waals surface area contributed by atoms with E-state index < -0.39 is 0 Å². The fourth-order valence-corrected chi connectivity index (χ4v) is 1.99. The molecule has 0 bridgehead atoms. The Labute approximate surface area is 105 Å². The van der Waals surface area contributed by atoms with Crippen LogP contribution in [-0.2, 0) is 6.54 Å². The number of nitrogens with one attached hydrogen (secondary N) is 1. The Bertz CT molecular complexity index is 278. The van der Waals surface area contributed by atoms with Gasteiger partial charge in [0.2, 0.25) is 0 Å². The van der Waals surface area contributed by atoms with Crippen molar-refractivity contribution in [1.29, 1.82) is 0 Å². The SMILES string of the molecule is Clc1ccccc1CNCCCCCBr. The van der Waals surface area contributed by atoms with Crippen LogP contribution in [0.25, 0.3) is 0 Å². The highest BCUT2D eigenvalue weighted by Gasteiger charge is 1.97. The first-order chi connectivity index (χ1) is 7.34. The van der Waals surface area contributed by atoms with Gasteiger partial charge in [-0.15, -0.1) is 0 Å². The molecule has 0 aliphatic carbocycles. The van der Waals surface area contributed by atoms with Crippen LogP contribution in [0.1, 0.15) is 24.8 Å². The molecule has 1 aromatic carbocycles. The van der Waals surface area contributed by atoms with Gasteiger partial charge >= 0.3 is 0 Å². The van der Waals surface area contributed by atoms with Crippen molar-refractivity contribution in [2.45, 2.75) is 25.8 Å². The van der Waals surface area contributed by atoms with E-state index in [1.165, 1.54) is 24.8 Å². The number of rotatable bonds is 7. The lowest BCUT2D eigenvalue weighted by atomic mass is 10.2. The van der Waals surface area contributed by atoms with Crippen LogP contribution in [0, 0.1) is 0 Å².